The molecule has 9 aromatic carbocycles. The summed E-state index contributed by atoms with van der Waals surface area (Å²) in [6.07, 6.45) is 0. The third-order valence-electron chi connectivity index (χ3n) is 11.4. The van der Waals surface area contributed by atoms with Gasteiger partial charge in [-0.25, -0.2) is 0 Å². The second kappa shape index (κ2) is 13.8. The van der Waals surface area contributed by atoms with Gasteiger partial charge in [-0.05, 0) is 97.2 Å². The average molecular weight is 702 g/mol. The molecule has 0 saturated heterocycles. The van der Waals surface area contributed by atoms with E-state index in [9.17, 15) is 0 Å². The maximum atomic E-state index is 2.52. The van der Waals surface area contributed by atoms with Crippen molar-refractivity contribution in [3.63, 3.8) is 0 Å². The monoisotopic (exact) mass is 701 g/mol. The molecule has 0 heterocycles. The number of nitrogens with zero attached hydrogens (tertiary/aromatic N) is 1. The summed E-state index contributed by atoms with van der Waals surface area (Å²) in [5.74, 6) is 0.0475. The molecule has 55 heavy (non-hydrogen) atoms. The van der Waals surface area contributed by atoms with Crippen molar-refractivity contribution in [1.29, 1.82) is 0 Å². The number of hydrogen-bond donors (Lipinski definition) is 0. The molecule has 0 fully saturated rings. The Kier molecular flexibility index (Phi) is 8.19. The summed E-state index contributed by atoms with van der Waals surface area (Å²) in [6, 6.07) is 84.7. The molecule has 10 rings (SSSR count). The number of para-hydroxylation sites is 2. The van der Waals surface area contributed by atoms with Crippen LogP contribution in [0.2, 0.25) is 0 Å². The van der Waals surface area contributed by atoms with Gasteiger partial charge in [0.1, 0.15) is 0 Å². The van der Waals surface area contributed by atoms with Gasteiger partial charge in [-0.3, -0.25) is 0 Å². The van der Waals surface area contributed by atoms with E-state index in [2.05, 4.69) is 235 Å². The largest absolute Gasteiger partial charge is 0.310 e. The Hall–Kier alpha value is -6.96. The first-order valence-electron chi connectivity index (χ1n) is 19.1. The molecule has 260 valence electrons. The molecule has 0 spiro atoms. The van der Waals surface area contributed by atoms with Crippen LogP contribution in [0.4, 0.5) is 17.1 Å². The molecule has 1 aliphatic rings. The second-order valence-corrected chi connectivity index (χ2v) is 14.5. The molecule has 0 amide bonds. The lowest BCUT2D eigenvalue weighted by Gasteiger charge is -2.35. The highest BCUT2D eigenvalue weighted by molar-refractivity contribution is 5.90. The van der Waals surface area contributed by atoms with Crippen LogP contribution in [0.15, 0.2) is 231 Å². The third-order valence-corrected chi connectivity index (χ3v) is 11.4. The van der Waals surface area contributed by atoms with E-state index < -0.39 is 5.41 Å². The van der Waals surface area contributed by atoms with E-state index in [1.807, 2.05) is 0 Å². The van der Waals surface area contributed by atoms with Crippen molar-refractivity contribution >= 4 is 27.8 Å². The van der Waals surface area contributed by atoms with Gasteiger partial charge < -0.3 is 4.90 Å². The SMILES string of the molecule is c1ccc(C(c2ccc3c(c2)C(c2ccccc2)(c2ccccc2)c2cc(N(c4ccccc4)c4ccccc4)ccc2-3)c2ccc3ccccc3c2)cc1. The lowest BCUT2D eigenvalue weighted by atomic mass is 9.67. The topological polar surface area (TPSA) is 3.24 Å². The van der Waals surface area contributed by atoms with E-state index in [0.29, 0.717) is 0 Å². The molecule has 0 bridgehead atoms. The summed E-state index contributed by atoms with van der Waals surface area (Å²) < 4.78 is 0. The minimum absolute atomic E-state index is 0.0475. The fraction of sp³-hybridized carbons (Fsp3) is 0.0370. The van der Waals surface area contributed by atoms with Crippen molar-refractivity contribution in [3.8, 4) is 11.1 Å². The minimum Gasteiger partial charge on any atom is -0.310 e. The molecular formula is C54H39N. The fourth-order valence-corrected chi connectivity index (χ4v) is 9.02. The molecule has 0 radical (unpaired) electrons. The first kappa shape index (κ1) is 32.7. The van der Waals surface area contributed by atoms with E-state index in [1.54, 1.807) is 0 Å². The van der Waals surface area contributed by atoms with E-state index >= 15 is 0 Å². The van der Waals surface area contributed by atoms with Crippen LogP contribution in [-0.2, 0) is 5.41 Å². The van der Waals surface area contributed by atoms with Gasteiger partial charge in [0, 0.05) is 23.0 Å². The Labute approximate surface area is 323 Å². The number of rotatable bonds is 8. The van der Waals surface area contributed by atoms with Crippen LogP contribution < -0.4 is 4.90 Å². The first-order valence-corrected chi connectivity index (χ1v) is 19.1. The van der Waals surface area contributed by atoms with Gasteiger partial charge in [0.25, 0.3) is 0 Å². The average Bonchev–Trinajstić information content (AvgIpc) is 3.55. The van der Waals surface area contributed by atoms with E-state index in [-0.39, 0.29) is 5.92 Å². The molecule has 1 heteroatoms. The Morgan fingerprint density at radius 2 is 0.764 bits per heavy atom. The summed E-state index contributed by atoms with van der Waals surface area (Å²) in [7, 11) is 0. The molecule has 1 unspecified atom stereocenters. The van der Waals surface area contributed by atoms with Gasteiger partial charge in [0.15, 0.2) is 0 Å². The lowest BCUT2D eigenvalue weighted by Crippen LogP contribution is -2.29. The summed E-state index contributed by atoms with van der Waals surface area (Å²) in [4.78, 5) is 2.38. The third kappa shape index (κ3) is 5.56. The number of hydrogen-bond acceptors (Lipinski definition) is 1. The van der Waals surface area contributed by atoms with Crippen molar-refractivity contribution in [3.05, 3.63) is 269 Å². The number of benzene rings is 9. The zero-order chi connectivity index (χ0) is 36.6. The predicted molar refractivity (Wildman–Crippen MR) is 230 cm³/mol. The minimum atomic E-state index is -0.567. The predicted octanol–water partition coefficient (Wildman–Crippen LogP) is 13.9. The Balaban J connectivity index is 1.25. The van der Waals surface area contributed by atoms with Gasteiger partial charge >= 0.3 is 0 Å². The van der Waals surface area contributed by atoms with Crippen LogP contribution in [0.1, 0.15) is 44.9 Å². The van der Waals surface area contributed by atoms with Crippen molar-refractivity contribution in [2.45, 2.75) is 11.3 Å². The van der Waals surface area contributed by atoms with Gasteiger partial charge in [-0.2, -0.15) is 0 Å². The summed E-state index contributed by atoms with van der Waals surface area (Å²) >= 11 is 0. The smallest absolute Gasteiger partial charge is 0.0714 e. The van der Waals surface area contributed by atoms with Crippen LogP contribution in [-0.4, -0.2) is 0 Å². The summed E-state index contributed by atoms with van der Waals surface area (Å²) in [6.45, 7) is 0. The molecule has 0 aromatic heterocycles. The van der Waals surface area contributed by atoms with Crippen LogP contribution in [0, 0.1) is 0 Å². The quantitative estimate of drug-likeness (QED) is 0.143. The highest BCUT2D eigenvalue weighted by Gasteiger charge is 2.47. The van der Waals surface area contributed by atoms with Gasteiger partial charge in [-0.1, -0.05) is 194 Å². The van der Waals surface area contributed by atoms with Crippen molar-refractivity contribution < 1.29 is 0 Å². The van der Waals surface area contributed by atoms with E-state index in [0.717, 1.165) is 17.1 Å². The fourth-order valence-electron chi connectivity index (χ4n) is 9.02. The first-order chi connectivity index (χ1) is 27.3. The normalized spacial score (nSPS) is 13.2. The summed E-state index contributed by atoms with van der Waals surface area (Å²) in [5, 5.41) is 2.51. The van der Waals surface area contributed by atoms with Crippen molar-refractivity contribution in [1.82, 2.24) is 0 Å². The van der Waals surface area contributed by atoms with Crippen molar-refractivity contribution in [2.24, 2.45) is 0 Å². The summed E-state index contributed by atoms with van der Waals surface area (Å²) in [5.41, 5.74) is 14.3. The standard InChI is InChI=1S/C54H39N/c1-6-19-40(20-7-1)53(42-31-30-39-18-16-17-21-41(39)36-42)43-32-34-49-50-35-33-48(55(46-26-12-4-13-27-46)47-28-14-5-15-29-47)38-52(50)54(51(49)37-43,44-22-8-2-9-23-44)45-24-10-3-11-25-45/h1-38,53H. The highest BCUT2D eigenvalue weighted by atomic mass is 15.1. The molecule has 1 aliphatic carbocycles. The zero-order valence-electron chi connectivity index (χ0n) is 30.5. The Morgan fingerprint density at radius 3 is 1.36 bits per heavy atom. The number of anilines is 3. The van der Waals surface area contributed by atoms with Gasteiger partial charge in [0.05, 0.1) is 5.41 Å². The lowest BCUT2D eigenvalue weighted by molar-refractivity contribution is 0.765. The molecule has 0 N–H and O–H groups in total. The van der Waals surface area contributed by atoms with Gasteiger partial charge in [-0.15, -0.1) is 0 Å². The number of fused-ring (bicyclic) bond motifs is 4. The zero-order valence-corrected chi connectivity index (χ0v) is 30.5. The van der Waals surface area contributed by atoms with Crippen LogP contribution in [0.5, 0.6) is 0 Å². The van der Waals surface area contributed by atoms with E-state index in [1.165, 1.54) is 60.8 Å². The van der Waals surface area contributed by atoms with E-state index in [4.69, 9.17) is 0 Å². The molecule has 1 atom stereocenters. The van der Waals surface area contributed by atoms with Crippen LogP contribution >= 0.6 is 0 Å². The highest BCUT2D eigenvalue weighted by Crippen LogP contribution is 2.58. The van der Waals surface area contributed by atoms with Crippen LogP contribution in [0.25, 0.3) is 21.9 Å². The maximum absolute atomic E-state index is 2.52. The molecule has 0 aliphatic heterocycles. The maximum Gasteiger partial charge on any atom is 0.0714 e. The molecule has 0 saturated carbocycles. The Bertz CT molecular complexity index is 2660. The molecule has 9 aromatic rings. The van der Waals surface area contributed by atoms with Crippen LogP contribution in [0.3, 0.4) is 0 Å². The molecular weight excluding hydrogens is 663 g/mol. The second-order valence-electron chi connectivity index (χ2n) is 14.5. The van der Waals surface area contributed by atoms with Crippen molar-refractivity contribution in [2.75, 3.05) is 4.90 Å². The van der Waals surface area contributed by atoms with Gasteiger partial charge in [0.2, 0.25) is 0 Å². The molecule has 1 nitrogen and oxygen atoms in total. The Morgan fingerprint density at radius 1 is 0.309 bits per heavy atom.